The fourth-order valence-electron chi connectivity index (χ4n) is 2.72. The van der Waals surface area contributed by atoms with Gasteiger partial charge in [0.05, 0.1) is 17.3 Å². The van der Waals surface area contributed by atoms with Gasteiger partial charge in [-0.1, -0.05) is 32.9 Å². The number of halogens is 2. The minimum absolute atomic E-state index is 0.0300. The molecule has 2 aromatic carbocycles. The van der Waals surface area contributed by atoms with Gasteiger partial charge in [0, 0.05) is 11.5 Å². The standard InChI is InChI=1S/C20H19F2N3O2/c1-20(2,3)19-23-16-11-14(22)8-9-15(16)18(27)25(19)24-17(26)10-12-4-6-13(21)7-5-12/h4-9,11H,10H2,1-3H3,(H,24,26). The molecular formula is C20H19F2N3O2. The Bertz CT molecular complexity index is 1070. The summed E-state index contributed by atoms with van der Waals surface area (Å²) in [7, 11) is 0. The van der Waals surface area contributed by atoms with Crippen molar-refractivity contribution in [2.45, 2.75) is 32.6 Å². The molecule has 1 heterocycles. The summed E-state index contributed by atoms with van der Waals surface area (Å²) in [5, 5.41) is 0.200. The second kappa shape index (κ2) is 6.90. The molecule has 0 radical (unpaired) electrons. The Labute approximate surface area is 154 Å². The van der Waals surface area contributed by atoms with Gasteiger partial charge >= 0.3 is 0 Å². The van der Waals surface area contributed by atoms with E-state index in [0.29, 0.717) is 11.4 Å². The SMILES string of the molecule is CC(C)(C)c1nc2cc(F)ccc2c(=O)n1NC(=O)Cc1ccc(F)cc1. The van der Waals surface area contributed by atoms with E-state index in [0.717, 1.165) is 4.68 Å². The number of rotatable bonds is 3. The molecule has 0 bridgehead atoms. The van der Waals surface area contributed by atoms with Crippen molar-refractivity contribution in [1.29, 1.82) is 0 Å². The number of amides is 1. The number of hydrogen-bond donors (Lipinski definition) is 1. The van der Waals surface area contributed by atoms with E-state index < -0.39 is 28.5 Å². The summed E-state index contributed by atoms with van der Waals surface area (Å²) in [5.41, 5.74) is 2.34. The first kappa shape index (κ1) is 18.7. The molecule has 0 aliphatic heterocycles. The quantitative estimate of drug-likeness (QED) is 0.768. The molecule has 0 saturated carbocycles. The van der Waals surface area contributed by atoms with Crippen molar-refractivity contribution in [2.75, 3.05) is 5.43 Å². The van der Waals surface area contributed by atoms with Crippen LogP contribution in [-0.4, -0.2) is 15.6 Å². The Hall–Kier alpha value is -3.09. The third-order valence-electron chi connectivity index (χ3n) is 4.02. The van der Waals surface area contributed by atoms with E-state index in [1.54, 1.807) is 0 Å². The molecule has 1 N–H and O–H groups in total. The molecule has 27 heavy (non-hydrogen) atoms. The minimum Gasteiger partial charge on any atom is -0.273 e. The van der Waals surface area contributed by atoms with Gasteiger partial charge in [-0.3, -0.25) is 15.0 Å². The first-order valence-corrected chi connectivity index (χ1v) is 8.42. The van der Waals surface area contributed by atoms with Gasteiger partial charge in [-0.25, -0.2) is 18.4 Å². The minimum atomic E-state index is -0.581. The summed E-state index contributed by atoms with van der Waals surface area (Å²) >= 11 is 0. The molecular weight excluding hydrogens is 352 g/mol. The topological polar surface area (TPSA) is 64.0 Å². The van der Waals surface area contributed by atoms with E-state index in [4.69, 9.17) is 0 Å². The van der Waals surface area contributed by atoms with Crippen LogP contribution in [0.5, 0.6) is 0 Å². The van der Waals surface area contributed by atoms with Crippen molar-refractivity contribution in [3.8, 4) is 0 Å². The van der Waals surface area contributed by atoms with Gasteiger partial charge in [-0.05, 0) is 29.8 Å². The van der Waals surface area contributed by atoms with Crippen LogP contribution in [0.1, 0.15) is 32.2 Å². The highest BCUT2D eigenvalue weighted by Crippen LogP contribution is 2.21. The zero-order valence-electron chi connectivity index (χ0n) is 15.2. The lowest BCUT2D eigenvalue weighted by atomic mass is 9.95. The molecule has 0 saturated heterocycles. The van der Waals surface area contributed by atoms with Gasteiger partial charge in [-0.15, -0.1) is 0 Å². The molecule has 0 atom stereocenters. The summed E-state index contributed by atoms with van der Waals surface area (Å²) < 4.78 is 27.6. The normalized spacial score (nSPS) is 11.6. The van der Waals surface area contributed by atoms with Crippen LogP contribution < -0.4 is 11.0 Å². The predicted molar refractivity (Wildman–Crippen MR) is 99.1 cm³/mol. The maximum Gasteiger partial charge on any atom is 0.280 e. The van der Waals surface area contributed by atoms with Crippen LogP contribution in [0.2, 0.25) is 0 Å². The van der Waals surface area contributed by atoms with Gasteiger partial charge in [-0.2, -0.15) is 0 Å². The molecule has 7 heteroatoms. The Kier molecular flexibility index (Phi) is 4.78. The van der Waals surface area contributed by atoms with Crippen LogP contribution in [-0.2, 0) is 16.6 Å². The van der Waals surface area contributed by atoms with Gasteiger partial charge in [0.1, 0.15) is 17.5 Å². The van der Waals surface area contributed by atoms with Crippen LogP contribution in [0.4, 0.5) is 8.78 Å². The van der Waals surface area contributed by atoms with E-state index in [1.807, 2.05) is 20.8 Å². The number of nitrogens with one attached hydrogen (secondary N) is 1. The average molecular weight is 371 g/mol. The number of hydrogen-bond acceptors (Lipinski definition) is 3. The van der Waals surface area contributed by atoms with Crippen molar-refractivity contribution in [3.05, 3.63) is 75.8 Å². The highest BCUT2D eigenvalue weighted by Gasteiger charge is 2.24. The molecule has 1 amide bonds. The third kappa shape index (κ3) is 4.02. The number of nitrogens with zero attached hydrogens (tertiary/aromatic N) is 2. The largest absolute Gasteiger partial charge is 0.280 e. The summed E-state index contributed by atoms with van der Waals surface area (Å²) in [6, 6.07) is 9.25. The van der Waals surface area contributed by atoms with Gasteiger partial charge < -0.3 is 0 Å². The molecule has 1 aromatic heterocycles. The third-order valence-corrected chi connectivity index (χ3v) is 4.02. The zero-order chi connectivity index (χ0) is 19.8. The molecule has 0 unspecified atom stereocenters. The fourth-order valence-corrected chi connectivity index (χ4v) is 2.72. The zero-order valence-corrected chi connectivity index (χ0v) is 15.2. The number of carbonyl (C=O) groups is 1. The highest BCUT2D eigenvalue weighted by atomic mass is 19.1. The predicted octanol–water partition coefficient (Wildman–Crippen LogP) is 3.29. The van der Waals surface area contributed by atoms with E-state index in [1.165, 1.54) is 42.5 Å². The van der Waals surface area contributed by atoms with Crippen molar-refractivity contribution in [2.24, 2.45) is 0 Å². The molecule has 0 spiro atoms. The average Bonchev–Trinajstić information content (AvgIpc) is 2.58. The lowest BCUT2D eigenvalue weighted by Crippen LogP contribution is -2.40. The molecule has 3 aromatic rings. The Morgan fingerprint density at radius 2 is 1.70 bits per heavy atom. The van der Waals surface area contributed by atoms with Gasteiger partial charge in [0.15, 0.2) is 0 Å². The highest BCUT2D eigenvalue weighted by molar-refractivity contribution is 5.86. The number of benzene rings is 2. The van der Waals surface area contributed by atoms with Gasteiger partial charge in [0.2, 0.25) is 5.91 Å². The molecule has 3 rings (SSSR count). The van der Waals surface area contributed by atoms with E-state index >= 15 is 0 Å². The van der Waals surface area contributed by atoms with Crippen LogP contribution in [0, 0.1) is 11.6 Å². The van der Waals surface area contributed by atoms with Crippen LogP contribution >= 0.6 is 0 Å². The Morgan fingerprint density at radius 1 is 1.07 bits per heavy atom. The summed E-state index contributed by atoms with van der Waals surface area (Å²) in [6.45, 7) is 5.51. The second-order valence-electron chi connectivity index (χ2n) is 7.33. The molecule has 0 fully saturated rings. The van der Waals surface area contributed by atoms with Crippen LogP contribution in [0.15, 0.2) is 47.3 Å². The maximum atomic E-state index is 13.5. The van der Waals surface area contributed by atoms with E-state index in [2.05, 4.69) is 10.4 Å². The molecule has 0 aliphatic carbocycles. The lowest BCUT2D eigenvalue weighted by molar-refractivity contribution is -0.116. The molecule has 0 aliphatic rings. The monoisotopic (exact) mass is 371 g/mol. The van der Waals surface area contributed by atoms with Crippen molar-refractivity contribution < 1.29 is 13.6 Å². The maximum absolute atomic E-state index is 13.5. The first-order valence-electron chi connectivity index (χ1n) is 8.42. The van der Waals surface area contributed by atoms with Gasteiger partial charge in [0.25, 0.3) is 5.56 Å². The summed E-state index contributed by atoms with van der Waals surface area (Å²) in [6.07, 6.45) is -0.0300. The summed E-state index contributed by atoms with van der Waals surface area (Å²) in [4.78, 5) is 29.7. The smallest absolute Gasteiger partial charge is 0.273 e. The van der Waals surface area contributed by atoms with Crippen molar-refractivity contribution in [1.82, 2.24) is 9.66 Å². The van der Waals surface area contributed by atoms with E-state index in [9.17, 15) is 18.4 Å². The number of carbonyl (C=O) groups excluding carboxylic acids is 1. The van der Waals surface area contributed by atoms with Crippen LogP contribution in [0.3, 0.4) is 0 Å². The van der Waals surface area contributed by atoms with Crippen molar-refractivity contribution in [3.63, 3.8) is 0 Å². The second-order valence-corrected chi connectivity index (χ2v) is 7.33. The molecule has 140 valence electrons. The van der Waals surface area contributed by atoms with Crippen LogP contribution in [0.25, 0.3) is 10.9 Å². The Morgan fingerprint density at radius 3 is 2.33 bits per heavy atom. The first-order chi connectivity index (χ1) is 12.6. The fraction of sp³-hybridized carbons (Fsp3) is 0.250. The number of aromatic nitrogens is 2. The van der Waals surface area contributed by atoms with E-state index in [-0.39, 0.29) is 17.3 Å². The lowest BCUT2D eigenvalue weighted by Gasteiger charge is -2.23. The number of fused-ring (bicyclic) bond motifs is 1. The Balaban J connectivity index is 2.02. The molecule has 5 nitrogen and oxygen atoms in total. The summed E-state index contributed by atoms with van der Waals surface area (Å²) in [5.74, 6) is -1.03. The van der Waals surface area contributed by atoms with Crippen molar-refractivity contribution >= 4 is 16.8 Å².